The van der Waals surface area contributed by atoms with Crippen molar-refractivity contribution in [2.45, 2.75) is 13.8 Å². The van der Waals surface area contributed by atoms with Crippen LogP contribution in [0.4, 0.5) is 0 Å². The molecule has 5 aromatic rings. The number of hydrogen-bond donors (Lipinski definition) is 0. The Hall–Kier alpha value is -3.29. The number of benzene rings is 1. The van der Waals surface area contributed by atoms with Gasteiger partial charge in [0.2, 0.25) is 0 Å². The first-order chi connectivity index (χ1) is 14.7. The van der Waals surface area contributed by atoms with Crippen LogP contribution in [-0.4, -0.2) is 41.2 Å². The molecule has 1 radical (unpaired) electrons. The van der Waals surface area contributed by atoms with Gasteiger partial charge in [0.1, 0.15) is 0 Å². The third-order valence-electron chi connectivity index (χ3n) is 4.44. The molecular weight excluding hydrogens is 565 g/mol. The summed E-state index contributed by atoms with van der Waals surface area (Å²) >= 11 is 0. The fourth-order valence-electron chi connectivity index (χ4n) is 3.13. The zero-order chi connectivity index (χ0) is 20.8. The van der Waals surface area contributed by atoms with Crippen LogP contribution in [0.1, 0.15) is 11.4 Å². The number of pyridine rings is 1. The van der Waals surface area contributed by atoms with Crippen LogP contribution < -0.4 is 0 Å². The van der Waals surface area contributed by atoms with Crippen molar-refractivity contribution < 1.29 is 20.1 Å². The van der Waals surface area contributed by atoms with Gasteiger partial charge in [0, 0.05) is 56.8 Å². The molecule has 31 heavy (non-hydrogen) atoms. The van der Waals surface area contributed by atoms with E-state index in [1.54, 1.807) is 18.6 Å². The molecule has 9 heteroatoms. The Bertz CT molecular complexity index is 1090. The number of rotatable bonds is 4. The first kappa shape index (κ1) is 22.4. The van der Waals surface area contributed by atoms with E-state index in [9.17, 15) is 0 Å². The molecule has 0 aliphatic heterocycles. The molecule has 0 spiro atoms. The van der Waals surface area contributed by atoms with Crippen molar-refractivity contribution in [1.82, 2.24) is 34.1 Å². The molecule has 157 valence electrons. The van der Waals surface area contributed by atoms with E-state index in [0.29, 0.717) is 0 Å². The molecule has 0 saturated carbocycles. The van der Waals surface area contributed by atoms with E-state index in [1.165, 1.54) is 0 Å². The second kappa shape index (κ2) is 10.7. The smallest absolute Gasteiger partial charge is 0.305 e. The molecule has 1 aromatic carbocycles. The normalized spacial score (nSPS) is 10.0. The zero-order valence-corrected chi connectivity index (χ0v) is 19.6. The maximum atomic E-state index is 4.52. The molecule has 4 heterocycles. The summed E-state index contributed by atoms with van der Waals surface area (Å²) in [5.41, 5.74) is 4.07. The minimum Gasteiger partial charge on any atom is -0.305 e. The molecular formula is C22H21BIrN7-. The van der Waals surface area contributed by atoms with Crippen LogP contribution in [0.5, 0.6) is 0 Å². The first-order valence-corrected chi connectivity index (χ1v) is 9.61. The summed E-state index contributed by atoms with van der Waals surface area (Å²) in [6.45, 7) is 4.01. The van der Waals surface area contributed by atoms with Gasteiger partial charge in [-0.2, -0.15) is 15.3 Å². The molecule has 0 aliphatic rings. The van der Waals surface area contributed by atoms with Gasteiger partial charge >= 0.3 is 7.12 Å². The van der Waals surface area contributed by atoms with E-state index in [4.69, 9.17) is 0 Å². The molecule has 7 nitrogen and oxygen atoms in total. The number of hydrogen-bond acceptors (Lipinski definition) is 4. The van der Waals surface area contributed by atoms with Crippen LogP contribution in [0.15, 0.2) is 91.6 Å². The maximum absolute atomic E-state index is 4.52. The molecule has 0 bridgehead atoms. The van der Waals surface area contributed by atoms with Crippen LogP contribution in [0.2, 0.25) is 0 Å². The number of nitrogens with zero attached hydrogens (tertiary/aromatic N) is 7. The molecule has 0 atom stereocenters. The summed E-state index contributed by atoms with van der Waals surface area (Å²) in [6, 6.07) is 22.6. The van der Waals surface area contributed by atoms with E-state index < -0.39 is 0 Å². The Morgan fingerprint density at radius 3 is 2.03 bits per heavy atom. The maximum Gasteiger partial charge on any atom is 0.568 e. The van der Waals surface area contributed by atoms with Crippen molar-refractivity contribution in [3.63, 3.8) is 0 Å². The Balaban J connectivity index is 0.000000183. The molecule has 0 N–H and O–H groups in total. The topological polar surface area (TPSA) is 66.3 Å². The van der Waals surface area contributed by atoms with Gasteiger partial charge in [0.15, 0.2) is 0 Å². The van der Waals surface area contributed by atoms with Gasteiger partial charge < -0.3 is 4.98 Å². The Morgan fingerprint density at radius 2 is 1.55 bits per heavy atom. The fourth-order valence-corrected chi connectivity index (χ4v) is 3.13. The van der Waals surface area contributed by atoms with Gasteiger partial charge in [-0.3, -0.25) is 13.8 Å². The molecule has 0 fully saturated rings. The third kappa shape index (κ3) is 5.45. The van der Waals surface area contributed by atoms with E-state index in [2.05, 4.69) is 26.3 Å². The number of aryl methyl sites for hydroxylation is 2. The second-order valence-electron chi connectivity index (χ2n) is 6.68. The predicted molar refractivity (Wildman–Crippen MR) is 117 cm³/mol. The van der Waals surface area contributed by atoms with Crippen molar-refractivity contribution in [2.24, 2.45) is 0 Å². The van der Waals surface area contributed by atoms with Crippen LogP contribution >= 0.6 is 0 Å². The van der Waals surface area contributed by atoms with Gasteiger partial charge in [0.25, 0.3) is 0 Å². The van der Waals surface area contributed by atoms with Crippen LogP contribution in [0.25, 0.3) is 11.3 Å². The standard InChI is InChI=1S/C11H13BN6.C11H8N.Ir/c1-10-9-11(2)18(15-10)12(16-7-3-5-13-16)17-8-4-6-14-17;1-2-6-10(7-3-1)11-8-4-5-9-12-11;/h3-9H,1-2H3;1-6,8-9H;/q;-1;. The van der Waals surface area contributed by atoms with Crippen LogP contribution in [-0.2, 0) is 20.1 Å². The van der Waals surface area contributed by atoms with E-state index in [0.717, 1.165) is 22.6 Å². The minimum absolute atomic E-state index is 0. The Kier molecular flexibility index (Phi) is 7.70. The Labute approximate surface area is 195 Å². The summed E-state index contributed by atoms with van der Waals surface area (Å²) in [4.78, 5) is 4.22. The van der Waals surface area contributed by atoms with Crippen molar-refractivity contribution >= 4 is 7.12 Å². The molecule has 0 saturated heterocycles. The predicted octanol–water partition coefficient (Wildman–Crippen LogP) is 3.37. The third-order valence-corrected chi connectivity index (χ3v) is 4.44. The largest absolute Gasteiger partial charge is 0.568 e. The fraction of sp³-hybridized carbons (Fsp3) is 0.0909. The molecule has 0 amide bonds. The molecule has 0 aliphatic carbocycles. The summed E-state index contributed by atoms with van der Waals surface area (Å²) in [5.74, 6) is 0. The summed E-state index contributed by atoms with van der Waals surface area (Å²) < 4.78 is 5.56. The van der Waals surface area contributed by atoms with Gasteiger partial charge in [0.05, 0.1) is 5.69 Å². The molecule has 0 unspecified atom stereocenters. The van der Waals surface area contributed by atoms with Crippen molar-refractivity contribution in [2.75, 3.05) is 0 Å². The molecule has 4 aromatic heterocycles. The first-order valence-electron chi connectivity index (χ1n) is 9.61. The Morgan fingerprint density at radius 1 is 0.839 bits per heavy atom. The van der Waals surface area contributed by atoms with Crippen LogP contribution in [0.3, 0.4) is 0 Å². The minimum atomic E-state index is -0.205. The van der Waals surface area contributed by atoms with Gasteiger partial charge in [-0.1, -0.05) is 12.1 Å². The van der Waals surface area contributed by atoms with Crippen molar-refractivity contribution in [3.8, 4) is 11.3 Å². The average molecular weight is 586 g/mol. The quantitative estimate of drug-likeness (QED) is 0.240. The summed E-state index contributed by atoms with van der Waals surface area (Å²) in [5, 5.41) is 13.1. The second-order valence-corrected chi connectivity index (χ2v) is 6.68. The zero-order valence-electron chi connectivity index (χ0n) is 17.2. The van der Waals surface area contributed by atoms with Gasteiger partial charge in [-0.15, -0.1) is 35.9 Å². The number of aromatic nitrogens is 7. The summed E-state index contributed by atoms with van der Waals surface area (Å²) in [6.07, 6.45) is 9.10. The monoisotopic (exact) mass is 587 g/mol. The SMILES string of the molecule is Cc1cc(C)n(B(n2cccn2)n2cccn2)n1.[Ir].[c-]1ccccc1-c1ccccn1. The van der Waals surface area contributed by atoms with E-state index >= 15 is 0 Å². The average Bonchev–Trinajstić information content (AvgIpc) is 3.55. The van der Waals surface area contributed by atoms with E-state index in [1.807, 2.05) is 101 Å². The summed E-state index contributed by atoms with van der Waals surface area (Å²) in [7, 11) is -0.205. The molecule has 5 rings (SSSR count). The van der Waals surface area contributed by atoms with Crippen LogP contribution in [0, 0.1) is 19.9 Å². The van der Waals surface area contributed by atoms with Crippen molar-refractivity contribution in [1.29, 1.82) is 0 Å². The van der Waals surface area contributed by atoms with Crippen molar-refractivity contribution in [3.05, 3.63) is 109 Å². The van der Waals surface area contributed by atoms with Gasteiger partial charge in [-0.25, -0.2) is 0 Å². The van der Waals surface area contributed by atoms with Gasteiger partial charge in [-0.05, 0) is 43.8 Å². The van der Waals surface area contributed by atoms with E-state index in [-0.39, 0.29) is 27.2 Å².